The number of rotatable bonds is 4. The third kappa shape index (κ3) is 3.46. The summed E-state index contributed by atoms with van der Waals surface area (Å²) in [5, 5.41) is 9.37. The molecule has 0 amide bonds. The monoisotopic (exact) mass is 321 g/mol. The Balaban J connectivity index is 1.90. The topological polar surface area (TPSA) is 91.7 Å². The lowest BCUT2D eigenvalue weighted by molar-refractivity contribution is -0.138. The van der Waals surface area contributed by atoms with Crippen LogP contribution in [0.2, 0.25) is 0 Å². The van der Waals surface area contributed by atoms with E-state index in [1.165, 1.54) is 20.0 Å². The predicted octanol–water partition coefficient (Wildman–Crippen LogP) is 1.31. The van der Waals surface area contributed by atoms with Crippen LogP contribution in [0.3, 0.4) is 0 Å². The lowest BCUT2D eigenvalue weighted by Crippen LogP contribution is -2.37. The molecule has 2 aliphatic rings. The highest BCUT2D eigenvalue weighted by Crippen LogP contribution is 2.26. The summed E-state index contributed by atoms with van der Waals surface area (Å²) < 4.78 is 5.21. The molecule has 1 aromatic heterocycles. The number of hydrogen-bond acceptors (Lipinski definition) is 7. The quantitative estimate of drug-likeness (QED) is 0.887. The maximum absolute atomic E-state index is 11.4. The molecule has 3 rings (SSSR count). The van der Waals surface area contributed by atoms with Gasteiger partial charge in [-0.1, -0.05) is 12.8 Å². The molecule has 2 fully saturated rings. The van der Waals surface area contributed by atoms with Crippen LogP contribution >= 0.6 is 0 Å². The van der Waals surface area contributed by atoms with Crippen molar-refractivity contribution in [2.75, 3.05) is 36.5 Å². The normalized spacial score (nSPS) is 22.0. The van der Waals surface area contributed by atoms with Gasteiger partial charge in [0.1, 0.15) is 6.04 Å². The number of nitrogens with zero attached hydrogens (tertiary/aromatic N) is 5. The number of aliphatic carboxylic acids is 1. The molecule has 1 unspecified atom stereocenters. The SMILES string of the molecule is COc1nc(N2CCCCCC2)nc(N2CCCC2C(=O)O)n1. The first kappa shape index (κ1) is 15.8. The molecule has 0 radical (unpaired) electrons. The number of anilines is 2. The van der Waals surface area contributed by atoms with Gasteiger partial charge in [0, 0.05) is 19.6 Å². The Kier molecular flexibility index (Phi) is 4.78. The fourth-order valence-corrected chi connectivity index (χ4v) is 3.23. The van der Waals surface area contributed by atoms with Crippen molar-refractivity contribution in [1.82, 2.24) is 15.0 Å². The molecule has 0 aliphatic carbocycles. The average Bonchev–Trinajstić information content (AvgIpc) is 2.90. The molecule has 1 aromatic rings. The minimum absolute atomic E-state index is 0.241. The van der Waals surface area contributed by atoms with Crippen molar-refractivity contribution in [2.45, 2.75) is 44.6 Å². The zero-order valence-corrected chi connectivity index (χ0v) is 13.4. The summed E-state index contributed by atoms with van der Waals surface area (Å²) in [6, 6.07) is -0.329. The molecule has 0 saturated carbocycles. The van der Waals surface area contributed by atoms with Crippen LogP contribution in [0.1, 0.15) is 38.5 Å². The van der Waals surface area contributed by atoms with Gasteiger partial charge in [-0.05, 0) is 25.7 Å². The number of carboxylic acids is 1. The second kappa shape index (κ2) is 6.97. The van der Waals surface area contributed by atoms with Gasteiger partial charge in [-0.2, -0.15) is 15.0 Å². The molecule has 0 bridgehead atoms. The Morgan fingerprint density at radius 3 is 2.39 bits per heavy atom. The van der Waals surface area contributed by atoms with E-state index in [9.17, 15) is 9.90 Å². The smallest absolute Gasteiger partial charge is 0.326 e. The molecule has 0 spiro atoms. The van der Waals surface area contributed by atoms with E-state index in [0.29, 0.717) is 24.9 Å². The van der Waals surface area contributed by atoms with Gasteiger partial charge in [0.15, 0.2) is 0 Å². The zero-order chi connectivity index (χ0) is 16.2. The van der Waals surface area contributed by atoms with Crippen molar-refractivity contribution < 1.29 is 14.6 Å². The highest BCUT2D eigenvalue weighted by molar-refractivity contribution is 5.78. The van der Waals surface area contributed by atoms with Crippen LogP contribution < -0.4 is 14.5 Å². The third-order valence-corrected chi connectivity index (χ3v) is 4.46. The molecular weight excluding hydrogens is 298 g/mol. The maximum Gasteiger partial charge on any atom is 0.326 e. The molecule has 2 saturated heterocycles. The minimum Gasteiger partial charge on any atom is -0.480 e. The van der Waals surface area contributed by atoms with Crippen LogP contribution in [0.5, 0.6) is 6.01 Å². The summed E-state index contributed by atoms with van der Waals surface area (Å²) in [6.45, 7) is 2.47. The Bertz CT molecular complexity index is 560. The molecule has 0 aromatic carbocycles. The van der Waals surface area contributed by atoms with Gasteiger partial charge in [-0.3, -0.25) is 0 Å². The third-order valence-electron chi connectivity index (χ3n) is 4.46. The van der Waals surface area contributed by atoms with E-state index in [0.717, 1.165) is 32.4 Å². The molecule has 3 heterocycles. The van der Waals surface area contributed by atoms with Crippen molar-refractivity contribution in [3.05, 3.63) is 0 Å². The Morgan fingerprint density at radius 1 is 1.04 bits per heavy atom. The lowest BCUT2D eigenvalue weighted by atomic mass is 10.2. The van der Waals surface area contributed by atoms with Crippen LogP contribution in [0, 0.1) is 0 Å². The van der Waals surface area contributed by atoms with Crippen LogP contribution in [-0.2, 0) is 4.79 Å². The van der Waals surface area contributed by atoms with E-state index in [2.05, 4.69) is 19.9 Å². The number of aromatic nitrogens is 3. The number of hydrogen-bond donors (Lipinski definition) is 1. The number of carboxylic acid groups (broad SMARTS) is 1. The van der Waals surface area contributed by atoms with E-state index in [-0.39, 0.29) is 6.01 Å². The maximum atomic E-state index is 11.4. The van der Waals surface area contributed by atoms with Crippen molar-refractivity contribution in [3.8, 4) is 6.01 Å². The van der Waals surface area contributed by atoms with Gasteiger partial charge < -0.3 is 19.6 Å². The van der Waals surface area contributed by atoms with Crippen molar-refractivity contribution in [3.63, 3.8) is 0 Å². The van der Waals surface area contributed by atoms with Gasteiger partial charge in [-0.25, -0.2) is 4.79 Å². The Hall–Kier alpha value is -2.12. The summed E-state index contributed by atoms with van der Waals surface area (Å²) in [4.78, 5) is 28.5. The van der Waals surface area contributed by atoms with E-state index < -0.39 is 12.0 Å². The molecule has 8 nitrogen and oxygen atoms in total. The van der Waals surface area contributed by atoms with Crippen LogP contribution in [0.4, 0.5) is 11.9 Å². The summed E-state index contributed by atoms with van der Waals surface area (Å²) >= 11 is 0. The summed E-state index contributed by atoms with van der Waals surface area (Å²) in [6.07, 6.45) is 6.11. The Labute approximate surface area is 135 Å². The predicted molar refractivity (Wildman–Crippen MR) is 85.1 cm³/mol. The number of ether oxygens (including phenoxy) is 1. The molecule has 8 heteroatoms. The van der Waals surface area contributed by atoms with Crippen molar-refractivity contribution in [1.29, 1.82) is 0 Å². The first-order chi connectivity index (χ1) is 11.2. The van der Waals surface area contributed by atoms with Crippen molar-refractivity contribution in [2.24, 2.45) is 0 Å². The zero-order valence-electron chi connectivity index (χ0n) is 13.4. The van der Waals surface area contributed by atoms with Crippen LogP contribution in [0.15, 0.2) is 0 Å². The number of carbonyl (C=O) groups is 1. The van der Waals surface area contributed by atoms with Gasteiger partial charge in [0.05, 0.1) is 7.11 Å². The van der Waals surface area contributed by atoms with Gasteiger partial charge >= 0.3 is 12.0 Å². The fourth-order valence-electron chi connectivity index (χ4n) is 3.23. The van der Waals surface area contributed by atoms with Crippen molar-refractivity contribution >= 4 is 17.9 Å². The highest BCUT2D eigenvalue weighted by Gasteiger charge is 2.33. The van der Waals surface area contributed by atoms with Crippen LogP contribution in [0.25, 0.3) is 0 Å². The molecule has 1 N–H and O–H groups in total. The molecule has 1 atom stereocenters. The van der Waals surface area contributed by atoms with Gasteiger partial charge in [0.2, 0.25) is 11.9 Å². The first-order valence-electron chi connectivity index (χ1n) is 8.23. The van der Waals surface area contributed by atoms with E-state index >= 15 is 0 Å². The van der Waals surface area contributed by atoms with E-state index in [1.807, 2.05) is 0 Å². The van der Waals surface area contributed by atoms with E-state index in [4.69, 9.17) is 4.74 Å². The highest BCUT2D eigenvalue weighted by atomic mass is 16.5. The van der Waals surface area contributed by atoms with Gasteiger partial charge in [0.25, 0.3) is 0 Å². The Morgan fingerprint density at radius 2 is 1.74 bits per heavy atom. The summed E-state index contributed by atoms with van der Waals surface area (Å²) in [7, 11) is 1.52. The molecule has 2 aliphatic heterocycles. The number of methoxy groups -OCH3 is 1. The van der Waals surface area contributed by atoms with Crippen LogP contribution in [-0.4, -0.2) is 58.8 Å². The molecule has 23 heavy (non-hydrogen) atoms. The summed E-state index contributed by atoms with van der Waals surface area (Å²) in [5.41, 5.74) is 0. The fraction of sp³-hybridized carbons (Fsp3) is 0.733. The standard InChI is InChI=1S/C15H23N5O3/c1-23-15-17-13(19-8-4-2-3-5-9-19)16-14(18-15)20-10-6-7-11(20)12(21)22/h11H,2-10H2,1H3,(H,21,22). The largest absolute Gasteiger partial charge is 0.480 e. The molecule has 126 valence electrons. The summed E-state index contributed by atoms with van der Waals surface area (Å²) in [5.74, 6) is 0.156. The molecular formula is C15H23N5O3. The van der Waals surface area contributed by atoms with E-state index in [1.54, 1.807) is 4.90 Å². The average molecular weight is 321 g/mol. The minimum atomic E-state index is -0.835. The lowest BCUT2D eigenvalue weighted by Gasteiger charge is -2.25. The van der Waals surface area contributed by atoms with Gasteiger partial charge in [-0.15, -0.1) is 0 Å². The first-order valence-corrected chi connectivity index (χ1v) is 8.23. The second-order valence-corrected chi connectivity index (χ2v) is 6.01. The second-order valence-electron chi connectivity index (χ2n) is 6.01.